The van der Waals surface area contributed by atoms with Crippen molar-refractivity contribution in [3.63, 3.8) is 0 Å². The summed E-state index contributed by atoms with van der Waals surface area (Å²) in [6.45, 7) is 2.91. The molecule has 2 aromatic carbocycles. The summed E-state index contributed by atoms with van der Waals surface area (Å²) < 4.78 is 11.1. The Morgan fingerprint density at radius 3 is 2.60 bits per heavy atom. The molecule has 2 aromatic rings. The van der Waals surface area contributed by atoms with E-state index in [0.717, 1.165) is 28.2 Å². The van der Waals surface area contributed by atoms with Crippen LogP contribution in [0.3, 0.4) is 0 Å². The van der Waals surface area contributed by atoms with Gasteiger partial charge >= 0.3 is 0 Å². The number of benzene rings is 2. The summed E-state index contributed by atoms with van der Waals surface area (Å²) >= 11 is 5.97. The molecule has 2 rings (SSSR count). The molecule has 0 saturated heterocycles. The van der Waals surface area contributed by atoms with Gasteiger partial charge < -0.3 is 15.2 Å². The molecule has 0 saturated carbocycles. The molecule has 2 N–H and O–H groups in total. The first-order chi connectivity index (χ1) is 9.63. The van der Waals surface area contributed by atoms with Crippen molar-refractivity contribution in [3.05, 3.63) is 58.1 Å². The minimum absolute atomic E-state index is 0.456. The smallest absolute Gasteiger partial charge is 0.124 e. The average molecular weight is 292 g/mol. The molecule has 0 fully saturated rings. The first-order valence-electron chi connectivity index (χ1n) is 6.39. The van der Waals surface area contributed by atoms with Crippen LogP contribution in [-0.4, -0.2) is 7.11 Å². The normalized spacial score (nSPS) is 10.4. The van der Waals surface area contributed by atoms with Crippen LogP contribution < -0.4 is 15.2 Å². The molecular formula is C16H18ClNO2. The van der Waals surface area contributed by atoms with E-state index in [4.69, 9.17) is 26.8 Å². The van der Waals surface area contributed by atoms with E-state index in [0.29, 0.717) is 18.2 Å². The van der Waals surface area contributed by atoms with Gasteiger partial charge in [-0.25, -0.2) is 0 Å². The summed E-state index contributed by atoms with van der Waals surface area (Å²) in [4.78, 5) is 0. The van der Waals surface area contributed by atoms with E-state index < -0.39 is 0 Å². The minimum Gasteiger partial charge on any atom is -0.496 e. The largest absolute Gasteiger partial charge is 0.496 e. The zero-order valence-electron chi connectivity index (χ0n) is 11.7. The van der Waals surface area contributed by atoms with E-state index >= 15 is 0 Å². The molecule has 0 unspecified atom stereocenters. The molecule has 0 heterocycles. The Bertz CT molecular complexity index is 599. The molecular weight excluding hydrogens is 274 g/mol. The van der Waals surface area contributed by atoms with E-state index in [1.54, 1.807) is 7.11 Å². The number of aryl methyl sites for hydroxylation is 1. The summed E-state index contributed by atoms with van der Waals surface area (Å²) in [5, 5.41) is 0.668. The highest BCUT2D eigenvalue weighted by Gasteiger charge is 2.05. The van der Waals surface area contributed by atoms with E-state index in [1.165, 1.54) is 0 Å². The zero-order chi connectivity index (χ0) is 14.5. The SMILES string of the molecule is COc1cc(COc2cc(Cl)ccc2C)ccc1CN. The highest BCUT2D eigenvalue weighted by atomic mass is 35.5. The topological polar surface area (TPSA) is 44.5 Å². The van der Waals surface area contributed by atoms with E-state index in [9.17, 15) is 0 Å². The lowest BCUT2D eigenvalue weighted by atomic mass is 10.1. The first kappa shape index (κ1) is 14.7. The summed E-state index contributed by atoms with van der Waals surface area (Å²) in [5.41, 5.74) is 8.72. The number of halogens is 1. The van der Waals surface area contributed by atoms with Gasteiger partial charge in [-0.05, 0) is 36.2 Å². The summed E-state index contributed by atoms with van der Waals surface area (Å²) in [6.07, 6.45) is 0. The Balaban J connectivity index is 2.12. The van der Waals surface area contributed by atoms with Crippen LogP contribution in [0, 0.1) is 6.92 Å². The zero-order valence-corrected chi connectivity index (χ0v) is 12.4. The van der Waals surface area contributed by atoms with Crippen molar-refractivity contribution >= 4 is 11.6 Å². The molecule has 20 heavy (non-hydrogen) atoms. The molecule has 0 aliphatic rings. The van der Waals surface area contributed by atoms with Crippen molar-refractivity contribution in [1.29, 1.82) is 0 Å². The van der Waals surface area contributed by atoms with Gasteiger partial charge in [0.15, 0.2) is 0 Å². The molecule has 0 spiro atoms. The number of hydrogen-bond donors (Lipinski definition) is 1. The Hall–Kier alpha value is -1.71. The highest BCUT2D eigenvalue weighted by Crippen LogP contribution is 2.25. The molecule has 0 aliphatic heterocycles. The predicted molar refractivity (Wildman–Crippen MR) is 81.4 cm³/mol. The van der Waals surface area contributed by atoms with E-state index in [2.05, 4.69) is 0 Å². The second-order valence-corrected chi connectivity index (χ2v) is 4.99. The number of nitrogens with two attached hydrogens (primary N) is 1. The first-order valence-corrected chi connectivity index (χ1v) is 6.76. The van der Waals surface area contributed by atoms with Gasteiger partial charge in [0.1, 0.15) is 18.1 Å². The molecule has 4 heteroatoms. The van der Waals surface area contributed by atoms with Gasteiger partial charge in [-0.2, -0.15) is 0 Å². The van der Waals surface area contributed by atoms with Gasteiger partial charge in [-0.15, -0.1) is 0 Å². The van der Waals surface area contributed by atoms with E-state index in [-0.39, 0.29) is 0 Å². The predicted octanol–water partition coefficient (Wildman–Crippen LogP) is 3.69. The standard InChI is InChI=1S/C16H18ClNO2/c1-11-3-6-14(17)8-15(11)20-10-12-4-5-13(9-18)16(7-12)19-2/h3-8H,9-10,18H2,1-2H3. The summed E-state index contributed by atoms with van der Waals surface area (Å²) in [6, 6.07) is 11.5. The van der Waals surface area contributed by atoms with Crippen molar-refractivity contribution in [2.45, 2.75) is 20.1 Å². The van der Waals surface area contributed by atoms with E-state index in [1.807, 2.05) is 43.3 Å². The van der Waals surface area contributed by atoms with Crippen molar-refractivity contribution < 1.29 is 9.47 Å². The van der Waals surface area contributed by atoms with Gasteiger partial charge in [0.25, 0.3) is 0 Å². The van der Waals surface area contributed by atoms with Crippen LogP contribution in [-0.2, 0) is 13.2 Å². The third-order valence-electron chi connectivity index (χ3n) is 3.12. The Kier molecular flexibility index (Phi) is 4.88. The fourth-order valence-electron chi connectivity index (χ4n) is 1.94. The lowest BCUT2D eigenvalue weighted by Gasteiger charge is -2.12. The maximum atomic E-state index is 5.97. The maximum absolute atomic E-state index is 5.97. The number of rotatable bonds is 5. The molecule has 0 atom stereocenters. The fraction of sp³-hybridized carbons (Fsp3) is 0.250. The third kappa shape index (κ3) is 3.44. The van der Waals surface area contributed by atoms with Crippen molar-refractivity contribution in [3.8, 4) is 11.5 Å². The number of hydrogen-bond acceptors (Lipinski definition) is 3. The van der Waals surface area contributed by atoms with Crippen LogP contribution in [0.5, 0.6) is 11.5 Å². The van der Waals surface area contributed by atoms with Gasteiger partial charge in [-0.3, -0.25) is 0 Å². The van der Waals surface area contributed by atoms with Crippen molar-refractivity contribution in [2.24, 2.45) is 5.73 Å². The molecule has 0 amide bonds. The third-order valence-corrected chi connectivity index (χ3v) is 3.35. The minimum atomic E-state index is 0.456. The Morgan fingerprint density at radius 2 is 1.90 bits per heavy atom. The molecule has 3 nitrogen and oxygen atoms in total. The fourth-order valence-corrected chi connectivity index (χ4v) is 2.10. The lowest BCUT2D eigenvalue weighted by molar-refractivity contribution is 0.303. The van der Waals surface area contributed by atoms with Crippen LogP contribution in [0.2, 0.25) is 5.02 Å². The monoisotopic (exact) mass is 291 g/mol. The van der Waals surface area contributed by atoms with Crippen LogP contribution in [0.4, 0.5) is 0 Å². The molecule has 106 valence electrons. The number of methoxy groups -OCH3 is 1. The number of ether oxygens (including phenoxy) is 2. The van der Waals surface area contributed by atoms with Crippen LogP contribution in [0.15, 0.2) is 36.4 Å². The second kappa shape index (κ2) is 6.64. The van der Waals surface area contributed by atoms with Crippen LogP contribution in [0.25, 0.3) is 0 Å². The lowest BCUT2D eigenvalue weighted by Crippen LogP contribution is -2.02. The quantitative estimate of drug-likeness (QED) is 0.913. The maximum Gasteiger partial charge on any atom is 0.124 e. The molecule has 0 aliphatic carbocycles. The molecule has 0 aromatic heterocycles. The van der Waals surface area contributed by atoms with Crippen molar-refractivity contribution in [2.75, 3.05) is 7.11 Å². The van der Waals surface area contributed by atoms with Gasteiger partial charge in [0, 0.05) is 17.1 Å². The Labute approximate surface area is 124 Å². The summed E-state index contributed by atoms with van der Waals surface area (Å²) in [7, 11) is 1.64. The molecule has 0 radical (unpaired) electrons. The average Bonchev–Trinajstić information content (AvgIpc) is 2.47. The highest BCUT2D eigenvalue weighted by molar-refractivity contribution is 6.30. The van der Waals surface area contributed by atoms with Gasteiger partial charge in [0.2, 0.25) is 0 Å². The second-order valence-electron chi connectivity index (χ2n) is 4.55. The van der Waals surface area contributed by atoms with Gasteiger partial charge in [-0.1, -0.05) is 29.8 Å². The van der Waals surface area contributed by atoms with Crippen LogP contribution >= 0.6 is 11.6 Å². The van der Waals surface area contributed by atoms with Crippen molar-refractivity contribution in [1.82, 2.24) is 0 Å². The Morgan fingerprint density at radius 1 is 1.10 bits per heavy atom. The van der Waals surface area contributed by atoms with Crippen LogP contribution in [0.1, 0.15) is 16.7 Å². The summed E-state index contributed by atoms with van der Waals surface area (Å²) in [5.74, 6) is 1.58. The van der Waals surface area contributed by atoms with Gasteiger partial charge in [0.05, 0.1) is 7.11 Å². The molecule has 0 bridgehead atoms.